The molecule has 0 radical (unpaired) electrons. The number of alkyl carbamates (subject to hydrolysis) is 1. The van der Waals surface area contributed by atoms with Gasteiger partial charge in [0.05, 0.1) is 74.6 Å². The van der Waals surface area contributed by atoms with E-state index in [9.17, 15) is 56.2 Å². The van der Waals surface area contributed by atoms with Crippen LogP contribution in [0.5, 0.6) is 34.5 Å². The van der Waals surface area contributed by atoms with E-state index in [0.29, 0.717) is 74.7 Å². The molecule has 6 aromatic carbocycles. The molecule has 3 fully saturated rings. The van der Waals surface area contributed by atoms with Gasteiger partial charge < -0.3 is 53.7 Å². The van der Waals surface area contributed by atoms with Gasteiger partial charge in [-0.3, -0.25) is 44.4 Å². The summed E-state index contributed by atoms with van der Waals surface area (Å²) in [7, 11) is -8.12. The first kappa shape index (κ1) is 92.1. The molecule has 0 saturated carbocycles. The molecular formula is C96H106Cl2N14O17S2. The van der Waals surface area contributed by atoms with Gasteiger partial charge >= 0.3 is 6.09 Å². The first-order valence-electron chi connectivity index (χ1n) is 44.3. The number of piperidine rings is 1. The Hall–Kier alpha value is -12.1. The number of benzene rings is 6. The van der Waals surface area contributed by atoms with Crippen LogP contribution in [0.15, 0.2) is 179 Å². The van der Waals surface area contributed by atoms with Gasteiger partial charge in [-0.1, -0.05) is 86.3 Å². The highest BCUT2D eigenvalue weighted by Gasteiger charge is 2.38. The number of carbonyl (C=O) groups is 4. The number of fused-ring (bicyclic) bond motifs is 4. The van der Waals surface area contributed by atoms with Gasteiger partial charge in [0.15, 0.2) is 0 Å². The zero-order valence-electron chi connectivity index (χ0n) is 73.7. The molecule has 7 aliphatic rings. The second kappa shape index (κ2) is 39.5. The van der Waals surface area contributed by atoms with E-state index in [1.807, 2.05) is 41.3 Å². The number of amides is 4. The summed E-state index contributed by atoms with van der Waals surface area (Å²) >= 11 is 12.5. The van der Waals surface area contributed by atoms with Crippen molar-refractivity contribution in [3.8, 4) is 34.5 Å². The third-order valence-electron chi connectivity index (χ3n) is 25.8. The maximum absolute atomic E-state index is 14.1. The number of piperazine rings is 2. The van der Waals surface area contributed by atoms with Crippen molar-refractivity contribution in [3.63, 3.8) is 0 Å². The van der Waals surface area contributed by atoms with E-state index >= 15 is 0 Å². The summed E-state index contributed by atoms with van der Waals surface area (Å²) < 4.78 is 88.8. The van der Waals surface area contributed by atoms with Crippen molar-refractivity contribution < 1.29 is 69.5 Å². The van der Waals surface area contributed by atoms with E-state index in [-0.39, 0.29) is 100 Å². The number of aromatic amines is 2. The van der Waals surface area contributed by atoms with Crippen molar-refractivity contribution in [1.29, 1.82) is 0 Å². The molecule has 2 aliphatic carbocycles. The Morgan fingerprint density at radius 3 is 1.44 bits per heavy atom. The van der Waals surface area contributed by atoms with Gasteiger partial charge in [-0.25, -0.2) is 41.0 Å². The van der Waals surface area contributed by atoms with Crippen LogP contribution in [0.25, 0.3) is 33.2 Å². The molecule has 0 bridgehead atoms. The molecule has 2 atom stereocenters. The Balaban J connectivity index is 0.000000192. The Morgan fingerprint density at radius 2 is 1.00 bits per heavy atom. The SMILES string of the molecule is CC1(C)CCC(CN2CCN(c3ccc(C(=O)NS(=O)(=O)c4cc5c(c([N+](=O)[O-])c4)C[C@H](CCCC(=O)N4CCCCC4)CO5)c(Oc4cnc5[nH]ccc5c4)c3)CC2)=C(c2ccc(Cl)cc2)C1.COC(=O)NC[C@H]1COc2cc(S(=O)(=O)NC(=O)c3ccc(N4CCN(CC5=C(c6ccc(Cl)cc6)CC(C)(C)CC5)CC4)cc3Oc3cnc4[nH]ccc4c3)cc([N+](=O)[O-])c2C1. The van der Waals surface area contributed by atoms with Crippen molar-refractivity contribution in [2.24, 2.45) is 22.7 Å². The fraction of sp³-hybridized carbons (Fsp3) is 0.396. The lowest BCUT2D eigenvalue weighted by molar-refractivity contribution is -0.386. The number of nitrogens with one attached hydrogen (secondary N) is 5. The molecule has 131 heavy (non-hydrogen) atoms. The number of H-pyrrole nitrogens is 2. The number of nitrogens with zero attached hydrogens (tertiary/aromatic N) is 9. The van der Waals surface area contributed by atoms with Gasteiger partial charge in [-0.15, -0.1) is 0 Å². The first-order valence-corrected chi connectivity index (χ1v) is 48.1. The van der Waals surface area contributed by atoms with Crippen LogP contribution in [0, 0.1) is 42.9 Å². The summed E-state index contributed by atoms with van der Waals surface area (Å²) in [5.74, 6) is -1.34. The number of sulfonamides is 2. The third kappa shape index (κ3) is 22.2. The highest BCUT2D eigenvalue weighted by molar-refractivity contribution is 7.90. The number of methoxy groups -OCH3 is 1. The summed E-state index contributed by atoms with van der Waals surface area (Å²) in [6.07, 6.45) is 17.4. The molecule has 5 aliphatic heterocycles. The van der Waals surface area contributed by atoms with Crippen LogP contribution in [-0.2, 0) is 42.4 Å². The van der Waals surface area contributed by atoms with E-state index in [1.165, 1.54) is 71.1 Å². The van der Waals surface area contributed by atoms with Crippen molar-refractivity contribution in [2.45, 2.75) is 127 Å². The average Bonchev–Trinajstić information content (AvgIpc) is 1.19. The Labute approximate surface area is 770 Å². The highest BCUT2D eigenvalue weighted by atomic mass is 35.5. The van der Waals surface area contributed by atoms with Gasteiger partial charge in [-0.05, 0) is 195 Å². The summed E-state index contributed by atoms with van der Waals surface area (Å²) in [6.45, 7) is 19.0. The van der Waals surface area contributed by atoms with Gasteiger partial charge in [-0.2, -0.15) is 0 Å². The normalized spacial score (nSPS) is 18.3. The molecule has 4 amide bonds. The van der Waals surface area contributed by atoms with Crippen LogP contribution in [0.4, 0.5) is 27.5 Å². The second-order valence-electron chi connectivity index (χ2n) is 36.3. The molecule has 17 rings (SSSR count). The van der Waals surface area contributed by atoms with Crippen LogP contribution in [0.1, 0.15) is 148 Å². The topological polar surface area (TPSA) is 379 Å². The lowest BCUT2D eigenvalue weighted by atomic mass is 9.72. The van der Waals surface area contributed by atoms with E-state index in [1.54, 1.807) is 48.8 Å². The summed E-state index contributed by atoms with van der Waals surface area (Å²) in [5, 5.41) is 30.2. The van der Waals surface area contributed by atoms with E-state index in [2.05, 4.69) is 111 Å². The van der Waals surface area contributed by atoms with Crippen LogP contribution in [0.2, 0.25) is 10.0 Å². The molecule has 31 nitrogen and oxygen atoms in total. The van der Waals surface area contributed by atoms with Crippen molar-refractivity contribution >= 4 is 123 Å². The molecular weight excluding hydrogens is 1760 g/mol. The smallest absolute Gasteiger partial charge is 0.406 e. The number of hydrogen-bond acceptors (Lipinski definition) is 23. The predicted octanol–water partition coefficient (Wildman–Crippen LogP) is 17.3. The van der Waals surface area contributed by atoms with E-state index < -0.39 is 69.0 Å². The zero-order valence-corrected chi connectivity index (χ0v) is 76.9. The number of nitro groups is 2. The van der Waals surface area contributed by atoms with Crippen LogP contribution < -0.4 is 43.5 Å². The summed E-state index contributed by atoms with van der Waals surface area (Å²) in [5.41, 5.74) is 10.9. The third-order valence-corrected chi connectivity index (χ3v) is 29.0. The maximum atomic E-state index is 14.1. The fourth-order valence-corrected chi connectivity index (χ4v) is 20.8. The van der Waals surface area contributed by atoms with Gasteiger partial charge in [0.1, 0.15) is 45.8 Å². The largest absolute Gasteiger partial charge is 0.493 e. The molecule has 35 heteroatoms. The first-order chi connectivity index (χ1) is 62.8. The molecule has 3 saturated heterocycles. The fourth-order valence-electron chi connectivity index (χ4n) is 18.5. The molecule has 4 aromatic heterocycles. The lowest BCUT2D eigenvalue weighted by Gasteiger charge is -2.39. The van der Waals surface area contributed by atoms with Crippen LogP contribution in [0.3, 0.4) is 0 Å². The van der Waals surface area contributed by atoms with Crippen molar-refractivity contribution in [3.05, 3.63) is 233 Å². The average molecular weight is 1860 g/mol. The molecule has 5 N–H and O–H groups in total. The number of halogens is 2. The van der Waals surface area contributed by atoms with Gasteiger partial charge in [0.25, 0.3) is 43.2 Å². The minimum absolute atomic E-state index is 0.00567. The number of pyridine rings is 2. The molecule has 10 aromatic rings. The Kier molecular flexibility index (Phi) is 27.8. The van der Waals surface area contributed by atoms with E-state index in [0.717, 1.165) is 161 Å². The quantitative estimate of drug-likeness (QED) is 0.0248. The molecule has 688 valence electrons. The molecule has 9 heterocycles. The number of ether oxygens (including phenoxy) is 5. The number of allylic oxidation sites excluding steroid dienone is 2. The lowest BCUT2D eigenvalue weighted by Crippen LogP contribution is -2.47. The minimum Gasteiger partial charge on any atom is -0.493 e. The minimum atomic E-state index is -4.68. The Morgan fingerprint density at radius 1 is 0.557 bits per heavy atom. The second-order valence-corrected chi connectivity index (χ2v) is 40.6. The maximum Gasteiger partial charge on any atom is 0.406 e. The van der Waals surface area contributed by atoms with Crippen molar-refractivity contribution in [2.75, 3.05) is 115 Å². The van der Waals surface area contributed by atoms with Gasteiger partial charge in [0, 0.05) is 178 Å². The molecule has 0 unspecified atom stereocenters. The van der Waals surface area contributed by atoms with Crippen LogP contribution in [-0.4, -0.2) is 191 Å². The standard InChI is InChI=1S/C51H58ClN7O8S.C45H48ClN7O9S/c1-51(2)17-15-37(44(30-51)35-9-11-38(52)12-10-35)32-56-21-23-57(24-22-56)39-13-14-42(47(27-39)67-40-26-36-16-18-53-49(36)54-31-40)50(61)55-68(64,65)41-28-45(59(62)63)43-25-34(33-66-46(43)29-41)7-6-8-48(60)58-19-4-3-5-20-58;1-45(2)12-10-31(38(23-45)29-4-6-32(46)7-5-29)26-51-14-16-52(17-15-51)33-8-9-36(41(20-33)62-34-19-30-11-13-47-42(30)48-25-34)43(54)50-63(58,59)35-21-39(53(56)57)37-18-28(24-49-44(55)60-3)27-61-40(37)22-35/h9-14,16,18,26-29,31,34H,3-8,15,17,19-25,30,32-33H2,1-2H3,(H,53,54)(H,55,61);4-9,11,13,19-22,25,28H,10,12,14-18,23-24,26-27H2,1-3H3,(H,47,48)(H,49,55)(H,50,54)/t34-;28-/m00/s1. The predicted molar refractivity (Wildman–Crippen MR) is 500 cm³/mol. The highest BCUT2D eigenvalue weighted by Crippen LogP contribution is 2.47. The summed E-state index contributed by atoms with van der Waals surface area (Å²) in [4.78, 5) is 101. The Bertz CT molecular complexity index is 6320. The van der Waals surface area contributed by atoms with E-state index in [4.69, 9.17) is 42.1 Å². The number of carbonyl (C=O) groups excluding carboxylic acids is 4. The number of anilines is 2. The molecule has 0 spiro atoms. The van der Waals surface area contributed by atoms with Gasteiger partial charge in [0.2, 0.25) is 5.91 Å². The number of rotatable bonds is 26. The monoisotopic (exact) mass is 1860 g/mol. The zero-order chi connectivity index (χ0) is 92.0. The summed E-state index contributed by atoms with van der Waals surface area (Å²) in [6, 6.07) is 37.8. The van der Waals surface area contributed by atoms with Crippen LogP contribution >= 0.6 is 23.2 Å². The number of nitro benzene ring substituents is 2. The number of aromatic nitrogens is 4. The number of hydrogen-bond donors (Lipinski definition) is 5. The number of likely N-dealkylation sites (tertiary alicyclic amines) is 1. The van der Waals surface area contributed by atoms with Crippen molar-refractivity contribution in [1.82, 2.24) is 49.4 Å².